The Balaban J connectivity index is 2.20. The molecule has 102 valence electrons. The van der Waals surface area contributed by atoms with Gasteiger partial charge in [-0.1, -0.05) is 11.6 Å². The summed E-state index contributed by atoms with van der Waals surface area (Å²) in [4.78, 5) is 6.71. The van der Waals surface area contributed by atoms with Crippen LogP contribution in [-0.2, 0) is 13.1 Å². The van der Waals surface area contributed by atoms with Crippen LogP contribution in [0.15, 0.2) is 23.6 Å². The third-order valence-corrected chi connectivity index (χ3v) is 3.94. The molecular formula is C14H18ClN3S. The number of hydrogen-bond acceptors (Lipinski definition) is 4. The molecule has 0 amide bonds. The summed E-state index contributed by atoms with van der Waals surface area (Å²) in [5.41, 5.74) is 3.49. The van der Waals surface area contributed by atoms with Crippen LogP contribution in [0.3, 0.4) is 0 Å². The molecule has 1 N–H and O–H groups in total. The van der Waals surface area contributed by atoms with E-state index in [4.69, 9.17) is 11.6 Å². The van der Waals surface area contributed by atoms with Crippen LogP contribution in [-0.4, -0.2) is 19.1 Å². The van der Waals surface area contributed by atoms with E-state index < -0.39 is 0 Å². The molecule has 0 saturated carbocycles. The Kier molecular flexibility index (Phi) is 4.80. The Hall–Kier alpha value is -1.10. The molecule has 0 fully saturated rings. The van der Waals surface area contributed by atoms with E-state index in [2.05, 4.69) is 33.7 Å². The van der Waals surface area contributed by atoms with Crippen molar-refractivity contribution in [3.63, 3.8) is 0 Å². The molecule has 0 atom stereocenters. The first-order valence-corrected chi connectivity index (χ1v) is 7.41. The Morgan fingerprint density at radius 2 is 2.21 bits per heavy atom. The Bertz CT molecular complexity index is 553. The van der Waals surface area contributed by atoms with Crippen molar-refractivity contribution in [2.75, 3.05) is 19.0 Å². The minimum atomic E-state index is 0.770. The number of aryl methyl sites for hydroxylation is 1. The van der Waals surface area contributed by atoms with Crippen molar-refractivity contribution in [3.05, 3.63) is 44.9 Å². The molecule has 5 heteroatoms. The number of aromatic nitrogens is 1. The van der Waals surface area contributed by atoms with Gasteiger partial charge in [-0.25, -0.2) is 4.98 Å². The maximum absolute atomic E-state index is 6.06. The quantitative estimate of drug-likeness (QED) is 0.915. The minimum Gasteiger partial charge on any atom is -0.368 e. The highest BCUT2D eigenvalue weighted by molar-refractivity contribution is 7.09. The van der Waals surface area contributed by atoms with Crippen molar-refractivity contribution < 1.29 is 0 Å². The molecule has 0 aliphatic carbocycles. The molecule has 0 spiro atoms. The predicted octanol–water partition coefficient (Wildman–Crippen LogP) is 3.46. The molecule has 3 nitrogen and oxygen atoms in total. The molecule has 0 saturated heterocycles. The van der Waals surface area contributed by atoms with Crippen LogP contribution in [0.25, 0.3) is 0 Å². The highest BCUT2D eigenvalue weighted by atomic mass is 35.5. The summed E-state index contributed by atoms with van der Waals surface area (Å²) in [6, 6.07) is 6.00. The van der Waals surface area contributed by atoms with E-state index in [0.29, 0.717) is 0 Å². The van der Waals surface area contributed by atoms with E-state index in [-0.39, 0.29) is 0 Å². The molecule has 2 aromatic rings. The second-order valence-corrected chi connectivity index (χ2v) is 6.02. The molecule has 19 heavy (non-hydrogen) atoms. The van der Waals surface area contributed by atoms with E-state index in [1.54, 1.807) is 11.3 Å². The van der Waals surface area contributed by atoms with Crippen LogP contribution in [0, 0.1) is 6.92 Å². The zero-order valence-corrected chi connectivity index (χ0v) is 13.0. The lowest BCUT2D eigenvalue weighted by molar-refractivity contribution is 0.802. The first-order chi connectivity index (χ1) is 9.10. The zero-order chi connectivity index (χ0) is 13.8. The molecule has 0 radical (unpaired) electrons. The van der Waals surface area contributed by atoms with Gasteiger partial charge in [-0.2, -0.15) is 0 Å². The minimum absolute atomic E-state index is 0.770. The summed E-state index contributed by atoms with van der Waals surface area (Å²) in [5.74, 6) is 0. The van der Waals surface area contributed by atoms with Gasteiger partial charge < -0.3 is 10.2 Å². The Labute approximate surface area is 123 Å². The average molecular weight is 296 g/mol. The standard InChI is InChI=1S/C14H18ClN3S/c1-10-17-13(9-19-10)8-18(3)14-5-4-12(15)6-11(14)7-16-2/h4-6,9,16H,7-8H2,1-3H3. The monoisotopic (exact) mass is 295 g/mol. The first kappa shape index (κ1) is 14.3. The van der Waals surface area contributed by atoms with Gasteiger partial charge in [0.25, 0.3) is 0 Å². The fourth-order valence-electron chi connectivity index (χ4n) is 2.07. The van der Waals surface area contributed by atoms with Gasteiger partial charge in [0, 0.05) is 29.7 Å². The SMILES string of the molecule is CNCc1cc(Cl)ccc1N(C)Cc1csc(C)n1. The second-order valence-electron chi connectivity index (χ2n) is 4.52. The highest BCUT2D eigenvalue weighted by Crippen LogP contribution is 2.25. The third-order valence-electron chi connectivity index (χ3n) is 2.89. The zero-order valence-electron chi connectivity index (χ0n) is 11.4. The lowest BCUT2D eigenvalue weighted by Gasteiger charge is -2.22. The third kappa shape index (κ3) is 3.69. The molecule has 0 bridgehead atoms. The maximum atomic E-state index is 6.06. The summed E-state index contributed by atoms with van der Waals surface area (Å²) in [6.07, 6.45) is 0. The van der Waals surface area contributed by atoms with Gasteiger partial charge in [0.15, 0.2) is 0 Å². The number of hydrogen-bond donors (Lipinski definition) is 1. The van der Waals surface area contributed by atoms with Crippen LogP contribution in [0.4, 0.5) is 5.69 Å². The van der Waals surface area contributed by atoms with Gasteiger partial charge in [0.2, 0.25) is 0 Å². The van der Waals surface area contributed by atoms with Gasteiger partial charge in [0.1, 0.15) is 0 Å². The molecule has 1 aromatic carbocycles. The topological polar surface area (TPSA) is 28.2 Å². The molecule has 0 aliphatic heterocycles. The lowest BCUT2D eigenvalue weighted by Crippen LogP contribution is -2.19. The van der Waals surface area contributed by atoms with Crippen molar-refractivity contribution in [2.45, 2.75) is 20.0 Å². The number of nitrogens with zero attached hydrogens (tertiary/aromatic N) is 2. The maximum Gasteiger partial charge on any atom is 0.0898 e. The van der Waals surface area contributed by atoms with Crippen molar-refractivity contribution in [3.8, 4) is 0 Å². The number of thiazole rings is 1. The van der Waals surface area contributed by atoms with Crippen LogP contribution < -0.4 is 10.2 Å². The van der Waals surface area contributed by atoms with Gasteiger partial charge in [-0.3, -0.25) is 0 Å². The average Bonchev–Trinajstić information content (AvgIpc) is 2.75. The van der Waals surface area contributed by atoms with E-state index in [1.807, 2.05) is 26.1 Å². The largest absolute Gasteiger partial charge is 0.368 e. The van der Waals surface area contributed by atoms with Crippen molar-refractivity contribution in [2.24, 2.45) is 0 Å². The number of benzene rings is 1. The summed E-state index contributed by atoms with van der Waals surface area (Å²) in [6.45, 7) is 3.64. The number of halogens is 1. The smallest absolute Gasteiger partial charge is 0.0898 e. The van der Waals surface area contributed by atoms with E-state index in [0.717, 1.165) is 28.8 Å². The molecule has 0 aliphatic rings. The van der Waals surface area contributed by atoms with E-state index in [1.165, 1.54) is 11.3 Å². The summed E-state index contributed by atoms with van der Waals surface area (Å²) in [5, 5.41) is 7.16. The van der Waals surface area contributed by atoms with Gasteiger partial charge in [0.05, 0.1) is 17.2 Å². The molecule has 1 heterocycles. The van der Waals surface area contributed by atoms with Crippen molar-refractivity contribution in [1.29, 1.82) is 0 Å². The summed E-state index contributed by atoms with van der Waals surface area (Å²) < 4.78 is 0. The summed E-state index contributed by atoms with van der Waals surface area (Å²) in [7, 11) is 4.02. The van der Waals surface area contributed by atoms with Gasteiger partial charge in [-0.15, -0.1) is 11.3 Å². The molecule has 0 unspecified atom stereocenters. The Morgan fingerprint density at radius 3 is 2.84 bits per heavy atom. The van der Waals surface area contributed by atoms with Crippen LogP contribution >= 0.6 is 22.9 Å². The first-order valence-electron chi connectivity index (χ1n) is 6.15. The second kappa shape index (κ2) is 6.37. The molecule has 2 rings (SSSR count). The number of anilines is 1. The highest BCUT2D eigenvalue weighted by Gasteiger charge is 2.09. The molecular weight excluding hydrogens is 278 g/mol. The van der Waals surface area contributed by atoms with Crippen LogP contribution in [0.5, 0.6) is 0 Å². The fraction of sp³-hybridized carbons (Fsp3) is 0.357. The predicted molar refractivity (Wildman–Crippen MR) is 83.2 cm³/mol. The lowest BCUT2D eigenvalue weighted by atomic mass is 10.1. The number of nitrogens with one attached hydrogen (secondary N) is 1. The van der Waals surface area contributed by atoms with Crippen molar-refractivity contribution in [1.82, 2.24) is 10.3 Å². The van der Waals surface area contributed by atoms with Crippen LogP contribution in [0.2, 0.25) is 5.02 Å². The van der Waals surface area contributed by atoms with Gasteiger partial charge >= 0.3 is 0 Å². The van der Waals surface area contributed by atoms with Gasteiger partial charge in [-0.05, 0) is 37.7 Å². The van der Waals surface area contributed by atoms with E-state index in [9.17, 15) is 0 Å². The fourth-order valence-corrected chi connectivity index (χ4v) is 2.87. The van der Waals surface area contributed by atoms with E-state index >= 15 is 0 Å². The normalized spacial score (nSPS) is 10.7. The van der Waals surface area contributed by atoms with Crippen LogP contribution in [0.1, 0.15) is 16.3 Å². The molecule has 1 aromatic heterocycles. The van der Waals surface area contributed by atoms with Crippen molar-refractivity contribution >= 4 is 28.6 Å². The number of rotatable bonds is 5. The summed E-state index contributed by atoms with van der Waals surface area (Å²) >= 11 is 7.75. The Morgan fingerprint density at radius 1 is 1.42 bits per heavy atom.